The fraction of sp³-hybridized carbons (Fsp3) is 0.125. The summed E-state index contributed by atoms with van der Waals surface area (Å²) in [5.41, 5.74) is 3.27. The highest BCUT2D eigenvalue weighted by molar-refractivity contribution is 5.64. The molecular weight excluding hydrogens is 156 g/mol. The molecule has 12 heavy (non-hydrogen) atoms. The molecule has 61 valence electrons. The van der Waals surface area contributed by atoms with Gasteiger partial charge in [0.15, 0.2) is 6.73 Å². The lowest BCUT2D eigenvalue weighted by Gasteiger charge is -2.12. The van der Waals surface area contributed by atoms with Crippen molar-refractivity contribution in [2.45, 2.75) is 0 Å². The van der Waals surface area contributed by atoms with E-state index >= 15 is 0 Å². The Balaban J connectivity index is 2.29. The number of carbonyl (C=O) groups excluding carboxylic acids is 1. The lowest BCUT2D eigenvalue weighted by atomic mass is 10.3. The van der Waals surface area contributed by atoms with Crippen molar-refractivity contribution in [3.8, 4) is 5.75 Å². The summed E-state index contributed by atoms with van der Waals surface area (Å²) in [5, 5.41) is 1.59. The van der Waals surface area contributed by atoms with Gasteiger partial charge in [0.2, 0.25) is 0 Å². The Morgan fingerprint density at radius 1 is 1.50 bits per heavy atom. The third kappa shape index (κ3) is 0.972. The maximum atomic E-state index is 10.0. The summed E-state index contributed by atoms with van der Waals surface area (Å²) in [6.45, 7) is 0.342. The molecule has 1 radical (unpaired) electrons. The van der Waals surface area contributed by atoms with E-state index in [9.17, 15) is 4.79 Å². The van der Waals surface area contributed by atoms with E-state index in [2.05, 4.69) is 5.43 Å². The Morgan fingerprint density at radius 2 is 2.33 bits per heavy atom. The largest absolute Gasteiger partial charge is 0.469 e. The van der Waals surface area contributed by atoms with E-state index in [-0.39, 0.29) is 0 Å². The smallest absolute Gasteiger partial charge is 0.329 e. The number of ether oxygens (including phenoxy) is 1. The first kappa shape index (κ1) is 6.97. The molecule has 2 rings (SSSR count). The van der Waals surface area contributed by atoms with E-state index in [1.807, 2.05) is 24.3 Å². The molecule has 1 amide bonds. The first-order chi connectivity index (χ1) is 5.92. The zero-order chi connectivity index (χ0) is 8.39. The van der Waals surface area contributed by atoms with Crippen LogP contribution in [0.5, 0.6) is 5.75 Å². The number of nitrogens with zero attached hydrogens (tertiary/aromatic N) is 1. The zero-order valence-electron chi connectivity index (χ0n) is 6.28. The van der Waals surface area contributed by atoms with Crippen LogP contribution in [-0.2, 0) is 4.79 Å². The van der Waals surface area contributed by atoms with Gasteiger partial charge in [0.25, 0.3) is 0 Å². The summed E-state index contributed by atoms with van der Waals surface area (Å²) in [5.74, 6) is 0.778. The number of rotatable bonds is 2. The van der Waals surface area contributed by atoms with Crippen LogP contribution in [0.15, 0.2) is 24.3 Å². The van der Waals surface area contributed by atoms with Crippen LogP contribution in [0.25, 0.3) is 0 Å². The Labute approximate surface area is 69.7 Å². The van der Waals surface area contributed by atoms with Crippen LogP contribution in [0, 0.1) is 0 Å². The molecule has 1 aromatic rings. The molecule has 0 spiro atoms. The summed E-state index contributed by atoms with van der Waals surface area (Å²) < 4.78 is 5.25. The third-order valence-corrected chi connectivity index (χ3v) is 1.69. The lowest BCUT2D eigenvalue weighted by Crippen LogP contribution is -2.36. The van der Waals surface area contributed by atoms with Gasteiger partial charge in [-0.2, -0.15) is 0 Å². The number of hydrazine groups is 1. The van der Waals surface area contributed by atoms with Crippen LogP contribution < -0.4 is 15.2 Å². The van der Waals surface area contributed by atoms with Gasteiger partial charge in [-0.1, -0.05) is 12.1 Å². The van der Waals surface area contributed by atoms with Crippen LogP contribution in [0.3, 0.4) is 0 Å². The van der Waals surface area contributed by atoms with Gasteiger partial charge in [0.1, 0.15) is 11.4 Å². The van der Waals surface area contributed by atoms with E-state index in [0.29, 0.717) is 6.73 Å². The van der Waals surface area contributed by atoms with E-state index < -0.39 is 0 Å². The summed E-state index contributed by atoms with van der Waals surface area (Å²) in [6.07, 6.45) is 1.60. The average Bonchev–Trinajstić information content (AvgIpc) is 2.50. The molecule has 0 aliphatic carbocycles. The van der Waals surface area contributed by atoms with Gasteiger partial charge in [-0.05, 0) is 12.1 Å². The molecule has 1 aliphatic heterocycles. The zero-order valence-corrected chi connectivity index (χ0v) is 6.28. The number of hydrogen-bond donors (Lipinski definition) is 1. The van der Waals surface area contributed by atoms with E-state index in [1.54, 1.807) is 11.4 Å². The average molecular weight is 163 g/mol. The predicted octanol–water partition coefficient (Wildman–Crippen LogP) is 0.415. The fourth-order valence-corrected chi connectivity index (χ4v) is 1.15. The van der Waals surface area contributed by atoms with Crippen molar-refractivity contribution in [3.05, 3.63) is 24.3 Å². The van der Waals surface area contributed by atoms with E-state index in [1.165, 1.54) is 0 Å². The lowest BCUT2D eigenvalue weighted by molar-refractivity contribution is 0.340. The van der Waals surface area contributed by atoms with Gasteiger partial charge in [0.05, 0.1) is 0 Å². The van der Waals surface area contributed by atoms with Gasteiger partial charge < -0.3 is 4.74 Å². The van der Waals surface area contributed by atoms with Gasteiger partial charge in [-0.3, -0.25) is 10.2 Å². The Kier molecular flexibility index (Phi) is 1.59. The van der Waals surface area contributed by atoms with Gasteiger partial charge >= 0.3 is 6.41 Å². The standard InChI is InChI=1S/C8H7N2O2/c11-5-9-10-6-12-8-4-2-1-3-7(8)10/h1-4H,6H2,(H,9,11). The summed E-state index contributed by atoms with van der Waals surface area (Å²) >= 11 is 0. The second-order valence-corrected chi connectivity index (χ2v) is 2.38. The minimum absolute atomic E-state index is 0.342. The Morgan fingerprint density at radius 3 is 3.17 bits per heavy atom. The number of benzene rings is 1. The van der Waals surface area contributed by atoms with E-state index in [0.717, 1.165) is 11.4 Å². The SMILES string of the molecule is O=[C]NN1COc2ccccc21. The predicted molar refractivity (Wildman–Crippen MR) is 43.2 cm³/mol. The molecule has 0 saturated carbocycles. The number of hydrogen-bond acceptors (Lipinski definition) is 3. The Bertz CT molecular complexity index is 301. The summed E-state index contributed by atoms with van der Waals surface area (Å²) in [7, 11) is 0. The second-order valence-electron chi connectivity index (χ2n) is 2.38. The van der Waals surface area contributed by atoms with Crippen LogP contribution >= 0.6 is 0 Å². The maximum Gasteiger partial charge on any atom is 0.329 e. The summed E-state index contributed by atoms with van der Waals surface area (Å²) in [4.78, 5) is 10.0. The van der Waals surface area contributed by atoms with Gasteiger partial charge in [0, 0.05) is 0 Å². The topological polar surface area (TPSA) is 41.6 Å². The highest BCUT2D eigenvalue weighted by atomic mass is 16.5. The minimum atomic E-state index is 0.342. The fourth-order valence-electron chi connectivity index (χ4n) is 1.15. The van der Waals surface area contributed by atoms with Crippen molar-refractivity contribution < 1.29 is 9.53 Å². The van der Waals surface area contributed by atoms with Crippen LogP contribution in [0.2, 0.25) is 0 Å². The molecule has 4 heteroatoms. The maximum absolute atomic E-state index is 10.0. The van der Waals surface area contributed by atoms with Crippen molar-refractivity contribution >= 4 is 12.1 Å². The molecule has 1 aliphatic rings. The quantitative estimate of drug-likeness (QED) is 0.642. The number of anilines is 1. The number of amides is 1. The van der Waals surface area contributed by atoms with E-state index in [4.69, 9.17) is 4.74 Å². The van der Waals surface area contributed by atoms with Gasteiger partial charge in [-0.25, -0.2) is 5.01 Å². The van der Waals surface area contributed by atoms with Crippen molar-refractivity contribution in [2.75, 3.05) is 11.7 Å². The first-order valence-corrected chi connectivity index (χ1v) is 3.54. The molecule has 1 aromatic carbocycles. The van der Waals surface area contributed by atoms with Crippen molar-refractivity contribution in [3.63, 3.8) is 0 Å². The molecule has 1 heterocycles. The minimum Gasteiger partial charge on any atom is -0.469 e. The van der Waals surface area contributed by atoms with Gasteiger partial charge in [-0.15, -0.1) is 0 Å². The van der Waals surface area contributed by atoms with Crippen LogP contribution in [0.4, 0.5) is 5.69 Å². The normalized spacial score (nSPS) is 13.5. The molecule has 0 unspecified atom stereocenters. The highest BCUT2D eigenvalue weighted by Crippen LogP contribution is 2.31. The number of fused-ring (bicyclic) bond motifs is 1. The van der Waals surface area contributed by atoms with Crippen molar-refractivity contribution in [1.29, 1.82) is 0 Å². The van der Waals surface area contributed by atoms with Crippen molar-refractivity contribution in [1.82, 2.24) is 5.43 Å². The second kappa shape index (κ2) is 2.73. The molecule has 0 fully saturated rings. The monoisotopic (exact) mass is 163 g/mol. The third-order valence-electron chi connectivity index (χ3n) is 1.69. The highest BCUT2D eigenvalue weighted by Gasteiger charge is 2.18. The molecule has 0 saturated heterocycles. The van der Waals surface area contributed by atoms with Crippen LogP contribution in [0.1, 0.15) is 0 Å². The molecule has 1 N–H and O–H groups in total. The number of nitrogens with one attached hydrogen (secondary N) is 1. The molecular formula is C8H7N2O2. The molecule has 4 nitrogen and oxygen atoms in total. The number of para-hydroxylation sites is 2. The van der Waals surface area contributed by atoms with Crippen LogP contribution in [-0.4, -0.2) is 13.1 Å². The molecule has 0 atom stereocenters. The first-order valence-electron chi connectivity index (χ1n) is 3.54. The summed E-state index contributed by atoms with van der Waals surface area (Å²) in [6, 6.07) is 7.48. The molecule has 0 aromatic heterocycles. The Hall–Kier alpha value is -1.71. The van der Waals surface area contributed by atoms with Crippen molar-refractivity contribution in [2.24, 2.45) is 0 Å². The molecule has 0 bridgehead atoms.